The molecule has 0 aliphatic heterocycles. The molecule has 4 bridgehead atoms. The maximum atomic E-state index is 10.8. The molecule has 98 valence electrons. The van der Waals surface area contributed by atoms with Crippen LogP contribution in [0.1, 0.15) is 32.6 Å². The molecule has 0 aromatic carbocycles. The van der Waals surface area contributed by atoms with E-state index in [4.69, 9.17) is 5.11 Å². The molecule has 0 aromatic heterocycles. The predicted octanol–water partition coefficient (Wildman–Crippen LogP) is 3.19. The molecule has 4 aliphatic carbocycles. The molecule has 0 radical (unpaired) electrons. The molecule has 2 heteroatoms. The van der Waals surface area contributed by atoms with Crippen molar-refractivity contribution in [1.82, 2.24) is 0 Å². The van der Waals surface area contributed by atoms with Crippen molar-refractivity contribution in [3.8, 4) is 0 Å². The van der Waals surface area contributed by atoms with Crippen LogP contribution in [0, 0.1) is 47.3 Å². The largest absolute Gasteiger partial charge is 0.481 e. The Morgan fingerprint density at radius 3 is 2.50 bits per heavy atom. The lowest BCUT2D eigenvalue weighted by Crippen LogP contribution is -2.36. The number of rotatable bonds is 3. The molecule has 18 heavy (non-hydrogen) atoms. The van der Waals surface area contributed by atoms with E-state index >= 15 is 0 Å². The van der Waals surface area contributed by atoms with Gasteiger partial charge in [-0.15, -0.1) is 0 Å². The fourth-order valence-electron chi connectivity index (χ4n) is 6.23. The standard InChI is InChI=1S/C16H22O2/c1-8-11(4-5-14(17)18)13-7-12(8)15-9-2-3-10(6-9)16(13)15/h2-3,8-13,15-16H,4-7H2,1H3,(H,17,18). The van der Waals surface area contributed by atoms with Crippen LogP contribution in [0.5, 0.6) is 0 Å². The summed E-state index contributed by atoms with van der Waals surface area (Å²) in [6, 6.07) is 0. The van der Waals surface area contributed by atoms with E-state index in [0.717, 1.165) is 47.8 Å². The highest BCUT2D eigenvalue weighted by Gasteiger charge is 2.63. The second-order valence-electron chi connectivity index (χ2n) is 7.12. The molecule has 8 unspecified atom stereocenters. The van der Waals surface area contributed by atoms with Gasteiger partial charge < -0.3 is 5.11 Å². The van der Waals surface area contributed by atoms with Crippen LogP contribution in [-0.4, -0.2) is 11.1 Å². The third-order valence-corrected chi connectivity index (χ3v) is 6.71. The Balaban J connectivity index is 1.56. The summed E-state index contributed by atoms with van der Waals surface area (Å²) in [6.07, 6.45) is 9.04. The zero-order valence-corrected chi connectivity index (χ0v) is 11.0. The number of aliphatic carboxylic acids is 1. The van der Waals surface area contributed by atoms with Crippen molar-refractivity contribution in [2.24, 2.45) is 47.3 Å². The molecule has 2 nitrogen and oxygen atoms in total. The van der Waals surface area contributed by atoms with Crippen LogP contribution in [-0.2, 0) is 4.79 Å². The number of hydrogen-bond acceptors (Lipinski definition) is 1. The lowest BCUT2D eigenvalue weighted by Gasteiger charge is -2.40. The monoisotopic (exact) mass is 246 g/mol. The van der Waals surface area contributed by atoms with Crippen molar-refractivity contribution in [3.05, 3.63) is 12.2 Å². The lowest BCUT2D eigenvalue weighted by atomic mass is 9.64. The molecule has 1 N–H and O–H groups in total. The SMILES string of the molecule is CC1C(CCC(=O)O)C2CC1C1C3C=CC(C3)C21. The Labute approximate surface area is 108 Å². The van der Waals surface area contributed by atoms with Gasteiger partial charge >= 0.3 is 5.97 Å². The highest BCUT2D eigenvalue weighted by atomic mass is 16.4. The molecule has 0 amide bonds. The van der Waals surface area contributed by atoms with Crippen LogP contribution in [0.25, 0.3) is 0 Å². The minimum Gasteiger partial charge on any atom is -0.481 e. The number of carbonyl (C=O) groups is 1. The molecule has 4 rings (SSSR count). The lowest BCUT2D eigenvalue weighted by molar-refractivity contribution is -0.137. The highest BCUT2D eigenvalue weighted by molar-refractivity contribution is 5.66. The summed E-state index contributed by atoms with van der Waals surface area (Å²) in [5.41, 5.74) is 0. The summed E-state index contributed by atoms with van der Waals surface area (Å²) in [5, 5.41) is 8.91. The summed E-state index contributed by atoms with van der Waals surface area (Å²) < 4.78 is 0. The first kappa shape index (κ1) is 11.1. The maximum absolute atomic E-state index is 10.8. The zero-order chi connectivity index (χ0) is 12.4. The third kappa shape index (κ3) is 1.27. The molecular formula is C16H22O2. The highest BCUT2D eigenvalue weighted by Crippen LogP contribution is 2.69. The van der Waals surface area contributed by atoms with Gasteiger partial charge in [0, 0.05) is 6.42 Å². The topological polar surface area (TPSA) is 37.3 Å². The zero-order valence-electron chi connectivity index (χ0n) is 11.0. The van der Waals surface area contributed by atoms with E-state index < -0.39 is 5.97 Å². The molecule has 0 heterocycles. The van der Waals surface area contributed by atoms with E-state index in [-0.39, 0.29) is 0 Å². The number of hydrogen-bond donors (Lipinski definition) is 1. The van der Waals surface area contributed by atoms with Gasteiger partial charge in [-0.2, -0.15) is 0 Å². The number of carboxylic acid groups (broad SMARTS) is 1. The van der Waals surface area contributed by atoms with Crippen LogP contribution < -0.4 is 0 Å². The van der Waals surface area contributed by atoms with Gasteiger partial charge in [-0.25, -0.2) is 0 Å². The quantitative estimate of drug-likeness (QED) is 0.613. The average molecular weight is 246 g/mol. The second-order valence-corrected chi connectivity index (χ2v) is 7.12. The Hall–Kier alpha value is -0.790. The minimum absolute atomic E-state index is 0.375. The first-order chi connectivity index (χ1) is 8.66. The normalized spacial score (nSPS) is 55.2. The number of allylic oxidation sites excluding steroid dienone is 2. The Morgan fingerprint density at radius 1 is 1.17 bits per heavy atom. The van der Waals surface area contributed by atoms with E-state index in [2.05, 4.69) is 19.1 Å². The van der Waals surface area contributed by atoms with Gasteiger partial charge in [0.2, 0.25) is 0 Å². The van der Waals surface area contributed by atoms with Crippen LogP contribution in [0.2, 0.25) is 0 Å². The van der Waals surface area contributed by atoms with Crippen molar-refractivity contribution in [2.45, 2.75) is 32.6 Å². The summed E-state index contributed by atoms with van der Waals surface area (Å²) in [6.45, 7) is 2.39. The van der Waals surface area contributed by atoms with E-state index in [9.17, 15) is 4.79 Å². The Kier molecular flexibility index (Phi) is 2.22. The van der Waals surface area contributed by atoms with Gasteiger partial charge in [0.05, 0.1) is 0 Å². The van der Waals surface area contributed by atoms with Gasteiger partial charge in [0.25, 0.3) is 0 Å². The molecule has 0 spiro atoms. The Morgan fingerprint density at radius 2 is 1.83 bits per heavy atom. The van der Waals surface area contributed by atoms with Crippen LogP contribution in [0.15, 0.2) is 12.2 Å². The molecule has 8 atom stereocenters. The van der Waals surface area contributed by atoms with E-state index in [0.29, 0.717) is 12.3 Å². The fourth-order valence-corrected chi connectivity index (χ4v) is 6.23. The minimum atomic E-state index is -0.616. The first-order valence-electron chi connectivity index (χ1n) is 7.57. The average Bonchev–Trinajstić information content (AvgIpc) is 3.04. The molecule has 0 aromatic rings. The van der Waals surface area contributed by atoms with Gasteiger partial charge in [0.1, 0.15) is 0 Å². The third-order valence-electron chi connectivity index (χ3n) is 6.71. The predicted molar refractivity (Wildman–Crippen MR) is 68.8 cm³/mol. The van der Waals surface area contributed by atoms with Crippen molar-refractivity contribution >= 4 is 5.97 Å². The number of fused-ring (bicyclic) bond motifs is 9. The summed E-state index contributed by atoms with van der Waals surface area (Å²) in [7, 11) is 0. The molecule has 0 saturated heterocycles. The maximum Gasteiger partial charge on any atom is 0.303 e. The van der Waals surface area contributed by atoms with Crippen molar-refractivity contribution in [3.63, 3.8) is 0 Å². The van der Waals surface area contributed by atoms with Gasteiger partial charge in [-0.05, 0) is 66.6 Å². The first-order valence-corrected chi connectivity index (χ1v) is 7.57. The number of carboxylic acids is 1. The van der Waals surface area contributed by atoms with Gasteiger partial charge in [-0.3, -0.25) is 4.79 Å². The fraction of sp³-hybridized carbons (Fsp3) is 0.812. The van der Waals surface area contributed by atoms with Crippen LogP contribution in [0.3, 0.4) is 0 Å². The molecular weight excluding hydrogens is 224 g/mol. The van der Waals surface area contributed by atoms with Crippen molar-refractivity contribution in [2.75, 3.05) is 0 Å². The smallest absolute Gasteiger partial charge is 0.303 e. The van der Waals surface area contributed by atoms with Gasteiger partial charge in [0.15, 0.2) is 0 Å². The second kappa shape index (κ2) is 3.61. The molecule has 4 aliphatic rings. The van der Waals surface area contributed by atoms with E-state index in [1.807, 2.05) is 0 Å². The van der Waals surface area contributed by atoms with Crippen LogP contribution >= 0.6 is 0 Å². The van der Waals surface area contributed by atoms with Crippen molar-refractivity contribution < 1.29 is 9.90 Å². The summed E-state index contributed by atoms with van der Waals surface area (Å²) in [4.78, 5) is 10.8. The van der Waals surface area contributed by atoms with Crippen molar-refractivity contribution in [1.29, 1.82) is 0 Å². The summed E-state index contributed by atoms with van der Waals surface area (Å²) in [5.74, 6) is 6.18. The van der Waals surface area contributed by atoms with Gasteiger partial charge in [-0.1, -0.05) is 19.1 Å². The van der Waals surface area contributed by atoms with Crippen LogP contribution in [0.4, 0.5) is 0 Å². The molecule has 3 saturated carbocycles. The van der Waals surface area contributed by atoms with E-state index in [1.165, 1.54) is 12.8 Å². The molecule has 3 fully saturated rings. The Bertz CT molecular complexity index is 413. The van der Waals surface area contributed by atoms with E-state index in [1.54, 1.807) is 0 Å². The summed E-state index contributed by atoms with van der Waals surface area (Å²) >= 11 is 0.